The summed E-state index contributed by atoms with van der Waals surface area (Å²) < 4.78 is 4.60. The van der Waals surface area contributed by atoms with Gasteiger partial charge in [-0.2, -0.15) is 0 Å². The molecule has 0 unspecified atom stereocenters. The largest absolute Gasteiger partial charge is 0.461 e. The summed E-state index contributed by atoms with van der Waals surface area (Å²) in [5.41, 5.74) is 0. The number of hydrogen-bond acceptors (Lipinski definition) is 5. The van der Waals surface area contributed by atoms with Crippen molar-refractivity contribution in [3.8, 4) is 0 Å². The summed E-state index contributed by atoms with van der Waals surface area (Å²) in [6, 6.07) is 0. The predicted molar refractivity (Wildman–Crippen MR) is 44.0 cm³/mol. The van der Waals surface area contributed by atoms with E-state index in [2.05, 4.69) is 9.89 Å². The maximum absolute atomic E-state index is 10.8. The fraction of sp³-hybridized carbons (Fsp3) is 0.667. The molecule has 0 fully saturated rings. The molecule has 0 aliphatic rings. The molecule has 0 radical (unpaired) electrons. The van der Waals surface area contributed by atoms with Crippen molar-refractivity contribution in [1.29, 1.82) is 0 Å². The average molecular weight is 177 g/mol. The lowest BCUT2D eigenvalue weighted by Crippen LogP contribution is -2.14. The lowest BCUT2D eigenvalue weighted by atomic mass is 10.7. The van der Waals surface area contributed by atoms with Crippen molar-refractivity contribution in [2.45, 2.75) is 13.8 Å². The number of hydrogen-bond donors (Lipinski definition) is 1. The Morgan fingerprint density at radius 3 is 2.64 bits per heavy atom. The molecule has 0 aliphatic heterocycles. The highest BCUT2D eigenvalue weighted by Gasteiger charge is 2.12. The minimum Gasteiger partial charge on any atom is -0.461 e. The number of rotatable bonds is 2. The van der Waals surface area contributed by atoms with Crippen molar-refractivity contribution in [3.63, 3.8) is 0 Å². The van der Waals surface area contributed by atoms with Crippen molar-refractivity contribution in [1.82, 2.24) is 0 Å². The molecule has 0 atom stereocenters. The van der Waals surface area contributed by atoms with Crippen LogP contribution in [0.5, 0.6) is 0 Å². The van der Waals surface area contributed by atoms with Gasteiger partial charge < -0.3 is 9.94 Å². The molecule has 0 spiro atoms. The summed E-state index contributed by atoms with van der Waals surface area (Å²) in [5, 5.41) is 11.1. The molecule has 11 heavy (non-hydrogen) atoms. The summed E-state index contributed by atoms with van der Waals surface area (Å²) in [6.07, 6.45) is 0. The normalized spacial score (nSPS) is 11.3. The van der Waals surface area contributed by atoms with Gasteiger partial charge in [0.25, 0.3) is 0 Å². The first-order valence-corrected chi connectivity index (χ1v) is 4.26. The lowest BCUT2D eigenvalue weighted by Gasteiger charge is -2.00. The minimum atomic E-state index is -0.568. The molecule has 0 heterocycles. The molecule has 0 aromatic rings. The number of esters is 1. The van der Waals surface area contributed by atoms with Gasteiger partial charge in [0.2, 0.25) is 5.04 Å². The van der Waals surface area contributed by atoms with Gasteiger partial charge in [-0.25, -0.2) is 4.79 Å². The van der Waals surface area contributed by atoms with E-state index in [1.807, 2.05) is 6.92 Å². The summed E-state index contributed by atoms with van der Waals surface area (Å²) in [4.78, 5) is 10.8. The van der Waals surface area contributed by atoms with Crippen molar-refractivity contribution in [3.05, 3.63) is 0 Å². The summed E-state index contributed by atoms with van der Waals surface area (Å²) in [6.45, 7) is 3.85. The summed E-state index contributed by atoms with van der Waals surface area (Å²) in [7, 11) is 0. The summed E-state index contributed by atoms with van der Waals surface area (Å²) >= 11 is 1.15. The second-order valence-corrected chi connectivity index (χ2v) is 2.81. The first kappa shape index (κ1) is 10.3. The number of oxime groups is 1. The second kappa shape index (κ2) is 6.03. The van der Waals surface area contributed by atoms with Crippen LogP contribution in [-0.4, -0.2) is 28.6 Å². The van der Waals surface area contributed by atoms with Gasteiger partial charge in [-0.15, -0.1) is 0 Å². The molecule has 0 saturated carbocycles. The molecule has 4 nitrogen and oxygen atoms in total. The van der Waals surface area contributed by atoms with E-state index in [4.69, 9.17) is 5.21 Å². The van der Waals surface area contributed by atoms with Crippen LogP contribution in [0.3, 0.4) is 0 Å². The zero-order valence-corrected chi connectivity index (χ0v) is 7.35. The lowest BCUT2D eigenvalue weighted by molar-refractivity contribution is -0.134. The topological polar surface area (TPSA) is 58.9 Å². The molecular weight excluding hydrogens is 166 g/mol. The highest BCUT2D eigenvalue weighted by atomic mass is 32.2. The Hall–Kier alpha value is -0.710. The van der Waals surface area contributed by atoms with Gasteiger partial charge in [0, 0.05) is 0 Å². The maximum atomic E-state index is 10.8. The van der Waals surface area contributed by atoms with Crippen LogP contribution in [0.2, 0.25) is 0 Å². The molecule has 0 bridgehead atoms. The van der Waals surface area contributed by atoms with Crippen LogP contribution in [0.4, 0.5) is 0 Å². The van der Waals surface area contributed by atoms with Gasteiger partial charge in [0.1, 0.15) is 0 Å². The third-order valence-electron chi connectivity index (χ3n) is 0.822. The molecule has 0 aliphatic carbocycles. The Bertz CT molecular complexity index is 158. The van der Waals surface area contributed by atoms with E-state index in [0.29, 0.717) is 12.4 Å². The third kappa shape index (κ3) is 3.87. The third-order valence-corrected chi connectivity index (χ3v) is 1.63. The second-order valence-electron chi connectivity index (χ2n) is 1.56. The maximum Gasteiger partial charge on any atom is 0.367 e. The van der Waals surface area contributed by atoms with E-state index < -0.39 is 5.97 Å². The molecule has 64 valence electrons. The first-order valence-electron chi connectivity index (χ1n) is 3.28. The molecule has 5 heteroatoms. The van der Waals surface area contributed by atoms with Crippen molar-refractivity contribution in [2.24, 2.45) is 5.16 Å². The first-order chi connectivity index (χ1) is 5.26. The Labute approximate surface area is 69.6 Å². The van der Waals surface area contributed by atoms with E-state index in [0.717, 1.165) is 11.8 Å². The van der Waals surface area contributed by atoms with Crippen molar-refractivity contribution < 1.29 is 14.7 Å². The predicted octanol–water partition coefficient (Wildman–Crippen LogP) is 1.09. The van der Waals surface area contributed by atoms with Crippen LogP contribution in [0.15, 0.2) is 5.16 Å². The van der Waals surface area contributed by atoms with E-state index in [9.17, 15) is 4.79 Å². The minimum absolute atomic E-state index is 0.00866. The van der Waals surface area contributed by atoms with Crippen LogP contribution in [0.25, 0.3) is 0 Å². The zero-order chi connectivity index (χ0) is 8.69. The van der Waals surface area contributed by atoms with Gasteiger partial charge >= 0.3 is 5.97 Å². The number of carbonyl (C=O) groups excluding carboxylic acids is 1. The van der Waals surface area contributed by atoms with E-state index in [-0.39, 0.29) is 5.04 Å². The molecule has 1 N–H and O–H groups in total. The quantitative estimate of drug-likeness (QED) is 0.225. The Morgan fingerprint density at radius 1 is 1.64 bits per heavy atom. The van der Waals surface area contributed by atoms with E-state index >= 15 is 0 Å². The molecule has 0 saturated heterocycles. The monoisotopic (exact) mass is 177 g/mol. The summed E-state index contributed by atoms with van der Waals surface area (Å²) in [5.74, 6) is 0.111. The van der Waals surface area contributed by atoms with E-state index in [1.54, 1.807) is 6.92 Å². The number of thioether (sulfide) groups is 1. The number of carbonyl (C=O) groups is 1. The van der Waals surface area contributed by atoms with Gasteiger partial charge in [-0.05, 0) is 12.7 Å². The van der Waals surface area contributed by atoms with Crippen molar-refractivity contribution >= 4 is 22.8 Å². The van der Waals surface area contributed by atoms with Gasteiger partial charge in [0.05, 0.1) is 6.61 Å². The van der Waals surface area contributed by atoms with Gasteiger partial charge in [-0.3, -0.25) is 0 Å². The van der Waals surface area contributed by atoms with Gasteiger partial charge in [0.15, 0.2) is 0 Å². The van der Waals surface area contributed by atoms with Crippen LogP contribution >= 0.6 is 11.8 Å². The number of ether oxygens (including phenoxy) is 1. The molecule has 0 amide bonds. The molecular formula is C6H11NO3S. The SMILES string of the molecule is CCOC(=O)C(=NO)SCC. The molecule has 0 rings (SSSR count). The van der Waals surface area contributed by atoms with E-state index in [1.165, 1.54) is 0 Å². The Balaban J connectivity index is 3.94. The fourth-order valence-electron chi connectivity index (χ4n) is 0.458. The molecule has 0 aromatic heterocycles. The average Bonchev–Trinajstić information content (AvgIpc) is 2.00. The van der Waals surface area contributed by atoms with Crippen molar-refractivity contribution in [2.75, 3.05) is 12.4 Å². The van der Waals surface area contributed by atoms with Crippen LogP contribution in [0, 0.1) is 0 Å². The molecule has 0 aromatic carbocycles. The van der Waals surface area contributed by atoms with Crippen LogP contribution < -0.4 is 0 Å². The highest BCUT2D eigenvalue weighted by Crippen LogP contribution is 2.04. The smallest absolute Gasteiger partial charge is 0.367 e. The fourth-order valence-corrected chi connectivity index (χ4v) is 0.966. The number of nitrogens with zero attached hydrogens (tertiary/aromatic N) is 1. The van der Waals surface area contributed by atoms with Crippen LogP contribution in [-0.2, 0) is 9.53 Å². The van der Waals surface area contributed by atoms with Gasteiger partial charge in [-0.1, -0.05) is 23.8 Å². The zero-order valence-electron chi connectivity index (χ0n) is 6.53. The standard InChI is InChI=1S/C6H11NO3S/c1-3-10-6(8)5(7-9)11-4-2/h9H,3-4H2,1-2H3. The highest BCUT2D eigenvalue weighted by molar-refractivity contribution is 8.15. The Kier molecular flexibility index (Phi) is 5.64. The Morgan fingerprint density at radius 2 is 2.27 bits per heavy atom. The van der Waals surface area contributed by atoms with Crippen LogP contribution in [0.1, 0.15) is 13.8 Å².